The average Bonchev–Trinajstić information content (AvgIpc) is 2.33. The average molecular weight is 283 g/mol. The Morgan fingerprint density at radius 1 is 1.53 bits per heavy atom. The van der Waals surface area contributed by atoms with Gasteiger partial charge >= 0.3 is 0 Å². The molecule has 0 heterocycles. The minimum atomic E-state index is -0.585. The smallest absolute Gasteiger partial charge is 0.288 e. The van der Waals surface area contributed by atoms with Crippen molar-refractivity contribution in [3.05, 3.63) is 38.9 Å². The molecule has 102 valence electrons. The second-order valence-electron chi connectivity index (χ2n) is 4.84. The molecule has 0 saturated heterocycles. The third-order valence-corrected chi connectivity index (χ3v) is 4.18. The van der Waals surface area contributed by atoms with Gasteiger partial charge < -0.3 is 5.32 Å². The van der Waals surface area contributed by atoms with Gasteiger partial charge in [0.2, 0.25) is 0 Å². The van der Waals surface area contributed by atoms with Gasteiger partial charge in [-0.1, -0.05) is 24.6 Å². The van der Waals surface area contributed by atoms with Gasteiger partial charge in [0.15, 0.2) is 0 Å². The molecule has 1 N–H and O–H groups in total. The molecule has 0 radical (unpaired) electrons. The maximum atomic E-state index is 12.2. The predicted octanol–water partition coefficient (Wildman–Crippen LogP) is 3.31. The molecule has 1 aromatic carbocycles. The number of carbonyl (C=O) groups is 1. The second kappa shape index (κ2) is 5.17. The van der Waals surface area contributed by atoms with Crippen LogP contribution >= 0.6 is 11.6 Å². The molecule has 1 amide bonds. The summed E-state index contributed by atoms with van der Waals surface area (Å²) in [6.45, 7) is 2.02. The van der Waals surface area contributed by atoms with Crippen LogP contribution < -0.4 is 5.32 Å². The molecule has 1 aliphatic rings. The second-order valence-corrected chi connectivity index (χ2v) is 5.22. The van der Waals surface area contributed by atoms with E-state index in [1.165, 1.54) is 18.2 Å². The molecule has 2 rings (SSSR count). The fourth-order valence-corrected chi connectivity index (χ4v) is 2.60. The standard InChI is InChI=1S/C13H15ClN2O3/c1-2-13(7-4-8-13)15-12(17)9-5-3-6-10(11(9)14)16(18)19/h3,5-6H,2,4,7-8H2,1H3,(H,15,17). The van der Waals surface area contributed by atoms with E-state index in [9.17, 15) is 14.9 Å². The van der Waals surface area contributed by atoms with Crippen LogP contribution in [-0.4, -0.2) is 16.4 Å². The first-order valence-corrected chi connectivity index (χ1v) is 6.62. The lowest BCUT2D eigenvalue weighted by Gasteiger charge is -2.42. The van der Waals surface area contributed by atoms with Crippen molar-refractivity contribution in [1.82, 2.24) is 5.32 Å². The minimum Gasteiger partial charge on any atom is -0.347 e. The first-order valence-electron chi connectivity index (χ1n) is 6.24. The van der Waals surface area contributed by atoms with E-state index in [-0.39, 0.29) is 27.7 Å². The Hall–Kier alpha value is -1.62. The van der Waals surface area contributed by atoms with E-state index in [1.807, 2.05) is 6.92 Å². The number of hydrogen-bond donors (Lipinski definition) is 1. The number of nitrogens with zero attached hydrogens (tertiary/aromatic N) is 1. The van der Waals surface area contributed by atoms with Crippen molar-refractivity contribution in [2.75, 3.05) is 0 Å². The van der Waals surface area contributed by atoms with Crippen LogP contribution in [0.25, 0.3) is 0 Å². The molecule has 5 nitrogen and oxygen atoms in total. The topological polar surface area (TPSA) is 72.2 Å². The van der Waals surface area contributed by atoms with Crippen LogP contribution in [0.2, 0.25) is 5.02 Å². The highest BCUT2D eigenvalue weighted by molar-refractivity contribution is 6.35. The van der Waals surface area contributed by atoms with Crippen molar-refractivity contribution in [2.45, 2.75) is 38.1 Å². The van der Waals surface area contributed by atoms with E-state index in [0.29, 0.717) is 0 Å². The van der Waals surface area contributed by atoms with Crippen molar-refractivity contribution in [3.8, 4) is 0 Å². The molecular formula is C13H15ClN2O3. The third-order valence-electron chi connectivity index (χ3n) is 3.79. The Labute approximate surface area is 116 Å². The maximum Gasteiger partial charge on any atom is 0.288 e. The van der Waals surface area contributed by atoms with Gasteiger partial charge in [0.25, 0.3) is 11.6 Å². The first-order chi connectivity index (χ1) is 8.99. The van der Waals surface area contributed by atoms with Gasteiger partial charge in [-0.3, -0.25) is 14.9 Å². The summed E-state index contributed by atoms with van der Waals surface area (Å²) in [5, 5.41) is 13.7. The predicted molar refractivity (Wildman–Crippen MR) is 72.4 cm³/mol. The molecule has 0 atom stereocenters. The van der Waals surface area contributed by atoms with Crippen molar-refractivity contribution in [2.24, 2.45) is 0 Å². The number of halogens is 1. The van der Waals surface area contributed by atoms with Crippen LogP contribution in [0.4, 0.5) is 5.69 Å². The number of nitrogens with one attached hydrogen (secondary N) is 1. The zero-order valence-electron chi connectivity index (χ0n) is 10.6. The summed E-state index contributed by atoms with van der Waals surface area (Å²) in [5.41, 5.74) is -0.241. The van der Waals surface area contributed by atoms with Gasteiger partial charge in [-0.25, -0.2) is 0 Å². The summed E-state index contributed by atoms with van der Waals surface area (Å²) in [4.78, 5) is 22.4. The van der Waals surface area contributed by atoms with Crippen molar-refractivity contribution < 1.29 is 9.72 Å². The Bertz CT molecular complexity index is 521. The molecule has 0 aromatic heterocycles. The Balaban J connectivity index is 2.24. The molecule has 0 aliphatic heterocycles. The van der Waals surface area contributed by atoms with Crippen LogP contribution in [0.1, 0.15) is 43.0 Å². The Morgan fingerprint density at radius 2 is 2.21 bits per heavy atom. The molecule has 0 unspecified atom stereocenters. The fourth-order valence-electron chi connectivity index (χ4n) is 2.31. The van der Waals surface area contributed by atoms with Gasteiger partial charge in [-0.2, -0.15) is 0 Å². The molecule has 1 saturated carbocycles. The summed E-state index contributed by atoms with van der Waals surface area (Å²) in [6.07, 6.45) is 3.84. The third kappa shape index (κ3) is 2.56. The first kappa shape index (κ1) is 13.8. The highest BCUT2D eigenvalue weighted by Gasteiger charge is 2.37. The number of amides is 1. The SMILES string of the molecule is CCC1(NC(=O)c2cccc([N+](=O)[O-])c2Cl)CCC1. The quantitative estimate of drug-likeness (QED) is 0.680. The van der Waals surface area contributed by atoms with E-state index < -0.39 is 4.92 Å². The van der Waals surface area contributed by atoms with Crippen LogP contribution in [0.3, 0.4) is 0 Å². The Morgan fingerprint density at radius 3 is 2.68 bits per heavy atom. The monoisotopic (exact) mass is 282 g/mol. The maximum absolute atomic E-state index is 12.2. The Kier molecular flexibility index (Phi) is 3.75. The van der Waals surface area contributed by atoms with Gasteiger partial charge in [-0.15, -0.1) is 0 Å². The number of hydrogen-bond acceptors (Lipinski definition) is 3. The summed E-state index contributed by atoms with van der Waals surface area (Å²) in [5.74, 6) is -0.338. The molecule has 6 heteroatoms. The molecule has 19 heavy (non-hydrogen) atoms. The molecular weight excluding hydrogens is 268 g/mol. The van der Waals surface area contributed by atoms with E-state index >= 15 is 0 Å². The lowest BCUT2D eigenvalue weighted by Crippen LogP contribution is -2.53. The number of rotatable bonds is 4. The minimum absolute atomic E-state index is 0.101. The van der Waals surface area contributed by atoms with Gasteiger partial charge in [-0.05, 0) is 31.7 Å². The van der Waals surface area contributed by atoms with Crippen LogP contribution in [0.5, 0.6) is 0 Å². The summed E-state index contributed by atoms with van der Waals surface area (Å²) in [6, 6.07) is 4.27. The van der Waals surface area contributed by atoms with Crippen LogP contribution in [0.15, 0.2) is 18.2 Å². The van der Waals surface area contributed by atoms with Crippen molar-refractivity contribution >= 4 is 23.2 Å². The van der Waals surface area contributed by atoms with Crippen molar-refractivity contribution in [3.63, 3.8) is 0 Å². The molecule has 1 aromatic rings. The van der Waals surface area contributed by atoms with Gasteiger partial charge in [0.1, 0.15) is 5.02 Å². The lowest BCUT2D eigenvalue weighted by atomic mass is 9.74. The number of benzene rings is 1. The van der Waals surface area contributed by atoms with Crippen LogP contribution in [-0.2, 0) is 0 Å². The van der Waals surface area contributed by atoms with Gasteiger partial charge in [0.05, 0.1) is 10.5 Å². The zero-order chi connectivity index (χ0) is 14.0. The lowest BCUT2D eigenvalue weighted by molar-refractivity contribution is -0.384. The van der Waals surface area contributed by atoms with Crippen molar-refractivity contribution in [1.29, 1.82) is 0 Å². The van der Waals surface area contributed by atoms with E-state index in [4.69, 9.17) is 11.6 Å². The normalized spacial score (nSPS) is 16.5. The van der Waals surface area contributed by atoms with Crippen LogP contribution in [0, 0.1) is 10.1 Å². The molecule has 0 spiro atoms. The summed E-state index contributed by atoms with van der Waals surface area (Å²) in [7, 11) is 0. The number of nitro benzene ring substituents is 1. The summed E-state index contributed by atoms with van der Waals surface area (Å²) >= 11 is 5.93. The highest BCUT2D eigenvalue weighted by Crippen LogP contribution is 2.35. The molecule has 0 bridgehead atoms. The molecule has 1 fully saturated rings. The van der Waals surface area contributed by atoms with E-state index in [0.717, 1.165) is 25.7 Å². The zero-order valence-corrected chi connectivity index (χ0v) is 11.4. The summed E-state index contributed by atoms with van der Waals surface area (Å²) < 4.78 is 0. The molecule has 1 aliphatic carbocycles. The van der Waals surface area contributed by atoms with Gasteiger partial charge in [0, 0.05) is 11.6 Å². The largest absolute Gasteiger partial charge is 0.347 e. The number of carbonyl (C=O) groups excluding carboxylic acids is 1. The highest BCUT2D eigenvalue weighted by atomic mass is 35.5. The van der Waals surface area contributed by atoms with E-state index in [2.05, 4.69) is 5.32 Å². The number of nitro groups is 1. The fraction of sp³-hybridized carbons (Fsp3) is 0.462. The van der Waals surface area contributed by atoms with E-state index in [1.54, 1.807) is 0 Å².